The fraction of sp³-hybridized carbons (Fsp3) is 0.0455. The Labute approximate surface area is 161 Å². The number of fused-ring (bicyclic) bond motifs is 1. The Morgan fingerprint density at radius 2 is 2.00 bits per heavy atom. The van der Waals surface area contributed by atoms with Crippen LogP contribution < -0.4 is 5.43 Å². The topological polar surface area (TPSA) is 79.5 Å². The Hall–Kier alpha value is -3.93. The first-order valence-corrected chi connectivity index (χ1v) is 8.81. The third kappa shape index (κ3) is 3.76. The van der Waals surface area contributed by atoms with Gasteiger partial charge in [-0.2, -0.15) is 10.2 Å². The predicted molar refractivity (Wildman–Crippen MR) is 108 cm³/mol. The quantitative estimate of drug-likeness (QED) is 0.416. The molecule has 1 aromatic heterocycles. The molecule has 3 aromatic carbocycles. The summed E-state index contributed by atoms with van der Waals surface area (Å²) >= 11 is 0. The highest BCUT2D eigenvalue weighted by Crippen LogP contribution is 2.25. The van der Waals surface area contributed by atoms with Gasteiger partial charge in [-0.1, -0.05) is 42.5 Å². The van der Waals surface area contributed by atoms with E-state index in [-0.39, 0.29) is 11.7 Å². The van der Waals surface area contributed by atoms with Crippen LogP contribution in [0.4, 0.5) is 0 Å². The van der Waals surface area contributed by atoms with Crippen molar-refractivity contribution in [2.75, 3.05) is 0 Å². The fourth-order valence-corrected chi connectivity index (χ4v) is 3.03. The minimum atomic E-state index is -0.321. The lowest BCUT2D eigenvalue weighted by Gasteiger charge is -2.06. The molecule has 6 nitrogen and oxygen atoms in total. The molecule has 6 heteroatoms. The number of hydrazone groups is 1. The highest BCUT2D eigenvalue weighted by molar-refractivity contribution is 6.03. The number of aromatic hydroxyl groups is 1. The summed E-state index contributed by atoms with van der Waals surface area (Å²) < 4.78 is 1.79. The van der Waals surface area contributed by atoms with Crippen LogP contribution in [-0.4, -0.2) is 27.0 Å². The van der Waals surface area contributed by atoms with Crippen molar-refractivity contribution >= 4 is 22.9 Å². The minimum Gasteiger partial charge on any atom is -0.507 e. The van der Waals surface area contributed by atoms with E-state index in [9.17, 15) is 9.90 Å². The minimum absolute atomic E-state index is 0.109. The molecule has 2 N–H and O–H groups in total. The van der Waals surface area contributed by atoms with Gasteiger partial charge in [0.15, 0.2) is 0 Å². The number of benzene rings is 3. The molecule has 0 unspecified atom stereocenters. The first-order chi connectivity index (χ1) is 13.7. The number of hydrogen-bond donors (Lipinski definition) is 2. The number of carbonyl (C=O) groups is 1. The largest absolute Gasteiger partial charge is 0.507 e. The molecule has 0 saturated carbocycles. The number of phenols is 1. The first-order valence-electron chi connectivity index (χ1n) is 8.81. The molecule has 4 rings (SSSR count). The highest BCUT2D eigenvalue weighted by atomic mass is 16.3. The summed E-state index contributed by atoms with van der Waals surface area (Å²) in [5, 5.41) is 20.2. The molecule has 138 valence electrons. The van der Waals surface area contributed by atoms with Gasteiger partial charge in [0, 0.05) is 23.5 Å². The number of amides is 1. The monoisotopic (exact) mass is 370 g/mol. The molecule has 0 bridgehead atoms. The maximum atomic E-state index is 12.4. The van der Waals surface area contributed by atoms with Crippen LogP contribution in [-0.2, 0) is 6.54 Å². The zero-order valence-corrected chi connectivity index (χ0v) is 15.0. The Kier molecular flexibility index (Phi) is 4.84. The summed E-state index contributed by atoms with van der Waals surface area (Å²) in [7, 11) is 0. The second-order valence-electron chi connectivity index (χ2n) is 6.32. The summed E-state index contributed by atoms with van der Waals surface area (Å²) in [5.41, 5.74) is 4.55. The third-order valence-electron chi connectivity index (χ3n) is 4.40. The zero-order valence-electron chi connectivity index (χ0n) is 15.0. The van der Waals surface area contributed by atoms with E-state index in [1.54, 1.807) is 23.0 Å². The molecule has 0 aliphatic heterocycles. The van der Waals surface area contributed by atoms with Gasteiger partial charge in [-0.15, -0.1) is 0 Å². The maximum Gasteiger partial charge on any atom is 0.271 e. The van der Waals surface area contributed by atoms with Gasteiger partial charge in [0.05, 0.1) is 12.8 Å². The van der Waals surface area contributed by atoms with Gasteiger partial charge in [-0.25, -0.2) is 5.43 Å². The molecule has 28 heavy (non-hydrogen) atoms. The van der Waals surface area contributed by atoms with Gasteiger partial charge in [0.2, 0.25) is 0 Å². The van der Waals surface area contributed by atoms with Crippen LogP contribution in [0.1, 0.15) is 21.5 Å². The number of nitrogens with one attached hydrogen (secondary N) is 1. The van der Waals surface area contributed by atoms with Gasteiger partial charge in [0.1, 0.15) is 5.75 Å². The van der Waals surface area contributed by atoms with Crippen molar-refractivity contribution < 1.29 is 9.90 Å². The standard InChI is InChI=1S/C22H18N4O2/c27-21-10-9-17-6-1-2-8-19(17)20(21)14-23-25-22(28)18-7-3-5-16(13-18)15-26-12-4-11-24-26/h1-14,27H,15H2,(H,25,28)/b23-14-. The number of carbonyl (C=O) groups excluding carboxylic acids is 1. The molecule has 0 aliphatic carbocycles. The molecular weight excluding hydrogens is 352 g/mol. The average molecular weight is 370 g/mol. The van der Waals surface area contributed by atoms with Crippen molar-refractivity contribution in [3.8, 4) is 5.75 Å². The molecule has 0 saturated heterocycles. The summed E-state index contributed by atoms with van der Waals surface area (Å²) in [6.07, 6.45) is 5.05. The van der Waals surface area contributed by atoms with Crippen LogP contribution in [0.25, 0.3) is 10.8 Å². The molecule has 0 radical (unpaired) electrons. The van der Waals surface area contributed by atoms with Gasteiger partial charge in [-0.3, -0.25) is 9.48 Å². The summed E-state index contributed by atoms with van der Waals surface area (Å²) in [5.74, 6) is -0.212. The van der Waals surface area contributed by atoms with Crippen LogP contribution >= 0.6 is 0 Å². The number of rotatable bonds is 5. The second-order valence-corrected chi connectivity index (χ2v) is 6.32. The van der Waals surface area contributed by atoms with Crippen molar-refractivity contribution in [3.05, 3.63) is 95.8 Å². The van der Waals surface area contributed by atoms with E-state index in [1.165, 1.54) is 6.21 Å². The Morgan fingerprint density at radius 3 is 2.86 bits per heavy atom. The van der Waals surface area contributed by atoms with E-state index >= 15 is 0 Å². The molecular formula is C22H18N4O2. The second kappa shape index (κ2) is 7.75. The molecule has 1 amide bonds. The number of hydrogen-bond acceptors (Lipinski definition) is 4. The van der Waals surface area contributed by atoms with Crippen LogP contribution in [0, 0.1) is 0 Å². The number of nitrogens with zero attached hydrogens (tertiary/aromatic N) is 3. The van der Waals surface area contributed by atoms with E-state index < -0.39 is 0 Å². The van der Waals surface area contributed by atoms with Crippen molar-refractivity contribution in [2.24, 2.45) is 5.10 Å². The smallest absolute Gasteiger partial charge is 0.271 e. The van der Waals surface area contributed by atoms with E-state index in [2.05, 4.69) is 15.6 Å². The Balaban J connectivity index is 1.50. The highest BCUT2D eigenvalue weighted by Gasteiger charge is 2.07. The average Bonchev–Trinajstić information content (AvgIpc) is 3.23. The van der Waals surface area contributed by atoms with Gasteiger partial charge in [-0.05, 0) is 40.6 Å². The van der Waals surface area contributed by atoms with E-state index in [1.807, 2.05) is 60.8 Å². The van der Waals surface area contributed by atoms with Gasteiger partial charge < -0.3 is 5.11 Å². The normalized spacial score (nSPS) is 11.1. The van der Waals surface area contributed by atoms with Crippen molar-refractivity contribution in [2.45, 2.75) is 6.54 Å². The number of aromatic nitrogens is 2. The summed E-state index contributed by atoms with van der Waals surface area (Å²) in [6, 6.07) is 20.3. The molecule has 0 fully saturated rings. The molecule has 4 aromatic rings. The lowest BCUT2D eigenvalue weighted by atomic mass is 10.0. The van der Waals surface area contributed by atoms with Crippen LogP contribution in [0.3, 0.4) is 0 Å². The van der Waals surface area contributed by atoms with Crippen LogP contribution in [0.5, 0.6) is 5.75 Å². The summed E-state index contributed by atoms with van der Waals surface area (Å²) in [6.45, 7) is 0.585. The first kappa shape index (κ1) is 17.5. The predicted octanol–water partition coefficient (Wildman–Crippen LogP) is 3.55. The lowest BCUT2D eigenvalue weighted by Crippen LogP contribution is -2.18. The van der Waals surface area contributed by atoms with Crippen molar-refractivity contribution in [1.82, 2.24) is 15.2 Å². The molecule has 0 atom stereocenters. The van der Waals surface area contributed by atoms with Crippen LogP contribution in [0.15, 0.2) is 84.2 Å². The fourth-order valence-electron chi connectivity index (χ4n) is 3.03. The maximum absolute atomic E-state index is 12.4. The molecule has 0 spiro atoms. The van der Waals surface area contributed by atoms with Crippen molar-refractivity contribution in [1.29, 1.82) is 0 Å². The van der Waals surface area contributed by atoms with Gasteiger partial charge in [0.25, 0.3) is 5.91 Å². The van der Waals surface area contributed by atoms with E-state index in [0.717, 1.165) is 16.3 Å². The zero-order chi connectivity index (χ0) is 19.3. The Bertz CT molecular complexity index is 1150. The van der Waals surface area contributed by atoms with E-state index in [4.69, 9.17) is 0 Å². The SMILES string of the molecule is O=C(N/N=C\c1c(O)ccc2ccccc12)c1cccc(Cn2cccn2)c1. The third-order valence-corrected chi connectivity index (χ3v) is 4.40. The molecule has 0 aliphatic rings. The summed E-state index contributed by atoms with van der Waals surface area (Å²) in [4.78, 5) is 12.4. The van der Waals surface area contributed by atoms with Crippen LogP contribution in [0.2, 0.25) is 0 Å². The Morgan fingerprint density at radius 1 is 1.11 bits per heavy atom. The van der Waals surface area contributed by atoms with Crippen molar-refractivity contribution in [3.63, 3.8) is 0 Å². The van der Waals surface area contributed by atoms with Gasteiger partial charge >= 0.3 is 0 Å². The number of phenolic OH excluding ortho intramolecular Hbond substituents is 1. The lowest BCUT2D eigenvalue weighted by molar-refractivity contribution is 0.0955. The van der Waals surface area contributed by atoms with E-state index in [0.29, 0.717) is 17.7 Å². The molecule has 1 heterocycles.